The van der Waals surface area contributed by atoms with Crippen molar-refractivity contribution < 1.29 is 0 Å². The Kier molecular flexibility index (Phi) is 18.5. The van der Waals surface area contributed by atoms with Crippen LogP contribution in [0.1, 0.15) is 131 Å². The highest BCUT2D eigenvalue weighted by Gasteiger charge is 2.07. The molecule has 0 N–H and O–H groups in total. The fourth-order valence-corrected chi connectivity index (χ4v) is 3.80. The van der Waals surface area contributed by atoms with Crippen LogP contribution in [0.5, 0.6) is 0 Å². The molecule has 0 saturated heterocycles. The largest absolute Gasteiger partial charge is 0.100 e. The number of hydrogen-bond acceptors (Lipinski definition) is 0. The van der Waals surface area contributed by atoms with E-state index in [-0.39, 0.29) is 0 Å². The molecule has 27 heavy (non-hydrogen) atoms. The van der Waals surface area contributed by atoms with Crippen molar-refractivity contribution in [1.29, 1.82) is 0 Å². The van der Waals surface area contributed by atoms with Crippen LogP contribution in [0.25, 0.3) is 0 Å². The van der Waals surface area contributed by atoms with Gasteiger partial charge in [0.05, 0.1) is 0 Å². The van der Waals surface area contributed by atoms with Crippen molar-refractivity contribution in [2.75, 3.05) is 0 Å². The Hall–Kier alpha value is -0.520. The lowest BCUT2D eigenvalue weighted by Gasteiger charge is -2.15. The summed E-state index contributed by atoms with van der Waals surface area (Å²) in [5.74, 6) is 2.44. The Morgan fingerprint density at radius 3 is 2.00 bits per heavy atom. The third kappa shape index (κ3) is 18.6. The molecule has 0 aliphatic carbocycles. The van der Waals surface area contributed by atoms with Crippen LogP contribution < -0.4 is 0 Å². The van der Waals surface area contributed by atoms with Crippen LogP contribution in [-0.4, -0.2) is 0 Å². The third-order valence-electron chi connectivity index (χ3n) is 6.12. The maximum Gasteiger partial charge on any atom is -0.0233 e. The first kappa shape index (κ1) is 26.5. The van der Waals surface area contributed by atoms with Gasteiger partial charge in [0.25, 0.3) is 0 Å². The van der Waals surface area contributed by atoms with Crippen LogP contribution in [0.2, 0.25) is 0 Å². The van der Waals surface area contributed by atoms with E-state index in [2.05, 4.69) is 53.3 Å². The summed E-state index contributed by atoms with van der Waals surface area (Å²) in [4.78, 5) is 0. The van der Waals surface area contributed by atoms with Gasteiger partial charge in [-0.3, -0.25) is 0 Å². The third-order valence-corrected chi connectivity index (χ3v) is 6.12. The van der Waals surface area contributed by atoms with E-state index in [1.165, 1.54) is 102 Å². The van der Waals surface area contributed by atoms with Crippen molar-refractivity contribution in [2.45, 2.75) is 131 Å². The molecule has 0 bridgehead atoms. The lowest BCUT2D eigenvalue weighted by molar-refractivity contribution is 0.460. The second kappa shape index (κ2) is 18.8. The highest BCUT2D eigenvalue weighted by molar-refractivity contribution is 4.93. The monoisotopic (exact) mass is 376 g/mol. The summed E-state index contributed by atoms with van der Waals surface area (Å²) < 4.78 is 0. The minimum absolute atomic E-state index is 0.745. The van der Waals surface area contributed by atoms with Gasteiger partial charge in [-0.2, -0.15) is 0 Å². The van der Waals surface area contributed by atoms with Gasteiger partial charge in [-0.05, 0) is 56.8 Å². The molecule has 0 nitrogen and oxygen atoms in total. The van der Waals surface area contributed by atoms with Crippen LogP contribution in [0, 0.1) is 17.8 Å². The van der Waals surface area contributed by atoms with Gasteiger partial charge < -0.3 is 0 Å². The second-order valence-electron chi connectivity index (χ2n) is 9.33. The van der Waals surface area contributed by atoms with E-state index < -0.39 is 0 Å². The predicted octanol–water partition coefficient (Wildman–Crippen LogP) is 9.90. The lowest BCUT2D eigenvalue weighted by Crippen LogP contribution is -2.00. The standard InChI is InChI=1S/C27H52/c1-7-9-10-11-12-13-20-27(21-16-17-24(3)4)23-22-26(6)19-15-14-18-25(5)8-2/h22-23,25-27H,3,7-21H2,1-2,4-6H3/b23-22+. The molecule has 0 aromatic rings. The van der Waals surface area contributed by atoms with E-state index in [0.29, 0.717) is 0 Å². The fraction of sp³-hybridized carbons (Fsp3) is 0.852. The number of unbranched alkanes of at least 4 members (excludes halogenated alkanes) is 6. The zero-order valence-corrected chi connectivity index (χ0v) is 19.7. The van der Waals surface area contributed by atoms with Gasteiger partial charge in [0.2, 0.25) is 0 Å². The van der Waals surface area contributed by atoms with Crippen molar-refractivity contribution in [3.05, 3.63) is 24.3 Å². The lowest BCUT2D eigenvalue weighted by atomic mass is 9.91. The summed E-state index contributed by atoms with van der Waals surface area (Å²) in [5.41, 5.74) is 1.34. The van der Waals surface area contributed by atoms with Crippen LogP contribution in [-0.2, 0) is 0 Å². The number of rotatable bonds is 19. The first-order valence-electron chi connectivity index (χ1n) is 12.3. The molecular weight excluding hydrogens is 324 g/mol. The first-order chi connectivity index (χ1) is 13.0. The molecule has 0 aliphatic rings. The molecule has 0 heterocycles. The Morgan fingerprint density at radius 2 is 1.33 bits per heavy atom. The molecule has 0 rings (SSSR count). The minimum Gasteiger partial charge on any atom is -0.100 e. The fourth-order valence-electron chi connectivity index (χ4n) is 3.80. The van der Waals surface area contributed by atoms with Gasteiger partial charge in [-0.1, -0.05) is 110 Å². The second-order valence-corrected chi connectivity index (χ2v) is 9.33. The molecular formula is C27H52. The van der Waals surface area contributed by atoms with Gasteiger partial charge in [-0.15, -0.1) is 6.58 Å². The molecule has 160 valence electrons. The molecule has 0 heteroatoms. The maximum absolute atomic E-state index is 4.07. The number of allylic oxidation sites excluding steroid dienone is 3. The van der Waals surface area contributed by atoms with Gasteiger partial charge in [0.15, 0.2) is 0 Å². The molecule has 3 atom stereocenters. The van der Waals surface area contributed by atoms with Crippen molar-refractivity contribution in [3.8, 4) is 0 Å². The van der Waals surface area contributed by atoms with Crippen molar-refractivity contribution in [1.82, 2.24) is 0 Å². The van der Waals surface area contributed by atoms with Crippen LogP contribution in [0.15, 0.2) is 24.3 Å². The summed E-state index contributed by atoms with van der Waals surface area (Å²) in [6, 6.07) is 0. The molecule has 0 aromatic carbocycles. The molecule has 0 fully saturated rings. The predicted molar refractivity (Wildman–Crippen MR) is 126 cm³/mol. The summed E-state index contributed by atoms with van der Waals surface area (Å²) >= 11 is 0. The summed E-state index contributed by atoms with van der Waals surface area (Å²) in [7, 11) is 0. The molecule has 0 spiro atoms. The van der Waals surface area contributed by atoms with Gasteiger partial charge in [0, 0.05) is 0 Å². The normalized spacial score (nSPS) is 15.1. The Balaban J connectivity index is 4.16. The van der Waals surface area contributed by atoms with E-state index >= 15 is 0 Å². The van der Waals surface area contributed by atoms with Crippen LogP contribution in [0.3, 0.4) is 0 Å². The highest BCUT2D eigenvalue weighted by atomic mass is 14.1. The molecule has 0 saturated carbocycles. The van der Waals surface area contributed by atoms with Gasteiger partial charge >= 0.3 is 0 Å². The molecule has 0 aromatic heterocycles. The Labute approximate surface area is 173 Å². The average molecular weight is 377 g/mol. The quantitative estimate of drug-likeness (QED) is 0.155. The van der Waals surface area contributed by atoms with Gasteiger partial charge in [0.1, 0.15) is 0 Å². The van der Waals surface area contributed by atoms with Crippen LogP contribution in [0.4, 0.5) is 0 Å². The highest BCUT2D eigenvalue weighted by Crippen LogP contribution is 2.22. The van der Waals surface area contributed by atoms with Gasteiger partial charge in [-0.25, -0.2) is 0 Å². The average Bonchev–Trinajstić information content (AvgIpc) is 2.64. The van der Waals surface area contributed by atoms with E-state index in [4.69, 9.17) is 0 Å². The summed E-state index contributed by atoms with van der Waals surface area (Å²) in [6.07, 6.45) is 25.7. The smallest absolute Gasteiger partial charge is 0.0233 e. The summed E-state index contributed by atoms with van der Waals surface area (Å²) in [6.45, 7) is 15.7. The minimum atomic E-state index is 0.745. The summed E-state index contributed by atoms with van der Waals surface area (Å²) in [5, 5.41) is 0. The molecule has 0 radical (unpaired) electrons. The Morgan fingerprint density at radius 1 is 0.741 bits per heavy atom. The zero-order chi connectivity index (χ0) is 20.3. The molecule has 0 aliphatic heterocycles. The van der Waals surface area contributed by atoms with E-state index in [0.717, 1.165) is 17.8 Å². The van der Waals surface area contributed by atoms with E-state index in [9.17, 15) is 0 Å². The van der Waals surface area contributed by atoms with Crippen molar-refractivity contribution in [2.24, 2.45) is 17.8 Å². The van der Waals surface area contributed by atoms with Crippen molar-refractivity contribution in [3.63, 3.8) is 0 Å². The SMILES string of the molecule is C=C(C)CCCC(/C=C/C(C)CCCCC(C)CC)CCCCCCCC. The Bertz CT molecular complexity index is 351. The maximum atomic E-state index is 4.07. The topological polar surface area (TPSA) is 0 Å². The molecule has 0 amide bonds. The number of hydrogen-bond donors (Lipinski definition) is 0. The van der Waals surface area contributed by atoms with E-state index in [1.807, 2.05) is 0 Å². The first-order valence-corrected chi connectivity index (χ1v) is 12.3. The van der Waals surface area contributed by atoms with E-state index in [1.54, 1.807) is 0 Å². The van der Waals surface area contributed by atoms with Crippen molar-refractivity contribution >= 4 is 0 Å². The molecule has 3 unspecified atom stereocenters. The van der Waals surface area contributed by atoms with Crippen LogP contribution >= 0.6 is 0 Å². The zero-order valence-electron chi connectivity index (χ0n) is 19.7.